The van der Waals surface area contributed by atoms with Crippen LogP contribution in [-0.2, 0) is 17.1 Å². The number of anilines is 1. The van der Waals surface area contributed by atoms with Crippen LogP contribution in [0.15, 0.2) is 91.3 Å². The third-order valence-electron chi connectivity index (χ3n) is 6.66. The first-order valence-corrected chi connectivity index (χ1v) is 14.0. The number of amides is 2. The first-order chi connectivity index (χ1) is 19.4. The fraction of sp³-hybridized carbons (Fsp3) is 0.167. The van der Waals surface area contributed by atoms with Crippen LogP contribution in [0.3, 0.4) is 0 Å². The van der Waals surface area contributed by atoms with E-state index in [0.29, 0.717) is 37.3 Å². The molecule has 1 atom stereocenters. The maximum absolute atomic E-state index is 14.8. The number of piperazine rings is 1. The number of hydrogen-bond donors (Lipinski definition) is 2. The summed E-state index contributed by atoms with van der Waals surface area (Å²) in [4.78, 5) is 33.2. The lowest BCUT2D eigenvalue weighted by molar-refractivity contribution is 0.0746. The van der Waals surface area contributed by atoms with Crippen LogP contribution in [0.1, 0.15) is 26.3 Å². The molecule has 5 rings (SSSR count). The van der Waals surface area contributed by atoms with Crippen LogP contribution in [0.5, 0.6) is 5.75 Å². The Morgan fingerprint density at radius 3 is 2.30 bits per heavy atom. The summed E-state index contributed by atoms with van der Waals surface area (Å²) in [6, 6.07) is 22.1. The maximum atomic E-state index is 14.8. The number of halogens is 1. The molecule has 1 aromatic heterocycles. The number of carbonyl (C=O) groups excluding carboxylic acids is 2. The van der Waals surface area contributed by atoms with E-state index in [1.165, 1.54) is 30.6 Å². The SMILES string of the molecule is O=C(N[S+]([O-])Cc1ccccc1)c1ccc(N2CCN(C(=O)c3ccc(-c4cncc(O)c4)c(F)c3)CC2)cc1. The monoisotopic (exact) mass is 558 g/mol. The first-order valence-electron chi connectivity index (χ1n) is 12.7. The van der Waals surface area contributed by atoms with Gasteiger partial charge in [-0.05, 0) is 42.5 Å². The van der Waals surface area contributed by atoms with Gasteiger partial charge in [0.05, 0.1) is 17.6 Å². The third-order valence-corrected chi connectivity index (χ3v) is 7.67. The van der Waals surface area contributed by atoms with E-state index in [-0.39, 0.29) is 28.5 Å². The largest absolute Gasteiger partial charge is 0.593 e. The highest BCUT2D eigenvalue weighted by Crippen LogP contribution is 2.26. The molecule has 0 bridgehead atoms. The van der Waals surface area contributed by atoms with Crippen molar-refractivity contribution in [2.45, 2.75) is 5.75 Å². The van der Waals surface area contributed by atoms with Gasteiger partial charge >= 0.3 is 0 Å². The Labute approximate surface area is 234 Å². The Hall–Kier alpha value is -4.41. The third kappa shape index (κ3) is 6.41. The fourth-order valence-corrected chi connectivity index (χ4v) is 5.45. The predicted molar refractivity (Wildman–Crippen MR) is 152 cm³/mol. The lowest BCUT2D eigenvalue weighted by Gasteiger charge is -2.36. The summed E-state index contributed by atoms with van der Waals surface area (Å²) < 4.78 is 29.7. The standard InChI is InChI=1S/C30H27FN4O4S/c31-28-17-23(8-11-27(28)24-16-26(36)19-32-18-24)30(38)35-14-12-34(13-15-35)25-9-6-22(7-10-25)29(37)33-40(39)20-21-4-2-1-3-5-21/h1-11,16-19,36H,12-15,20H2,(H,33,37). The molecule has 1 aliphatic rings. The molecule has 1 fully saturated rings. The van der Waals surface area contributed by atoms with E-state index in [0.717, 1.165) is 11.3 Å². The molecule has 1 saturated heterocycles. The number of pyridine rings is 1. The average Bonchev–Trinajstić information content (AvgIpc) is 2.97. The van der Waals surface area contributed by atoms with E-state index >= 15 is 0 Å². The van der Waals surface area contributed by atoms with Crippen molar-refractivity contribution in [3.05, 3.63) is 114 Å². The molecule has 10 heteroatoms. The fourth-order valence-electron chi connectivity index (χ4n) is 4.56. The van der Waals surface area contributed by atoms with Crippen molar-refractivity contribution in [3.63, 3.8) is 0 Å². The smallest absolute Gasteiger partial charge is 0.292 e. The predicted octanol–water partition coefficient (Wildman–Crippen LogP) is 4.15. The van der Waals surface area contributed by atoms with Gasteiger partial charge in [0.1, 0.15) is 11.6 Å². The van der Waals surface area contributed by atoms with Crippen molar-refractivity contribution in [2.75, 3.05) is 31.1 Å². The zero-order valence-corrected chi connectivity index (χ0v) is 22.3. The second-order valence-corrected chi connectivity index (χ2v) is 10.5. The Kier molecular flexibility index (Phi) is 8.28. The molecule has 0 radical (unpaired) electrons. The van der Waals surface area contributed by atoms with Crippen molar-refractivity contribution in [2.24, 2.45) is 0 Å². The molecular weight excluding hydrogens is 531 g/mol. The second-order valence-electron chi connectivity index (χ2n) is 9.36. The molecule has 8 nitrogen and oxygen atoms in total. The van der Waals surface area contributed by atoms with Crippen LogP contribution < -0.4 is 9.62 Å². The van der Waals surface area contributed by atoms with Crippen molar-refractivity contribution in [1.82, 2.24) is 14.6 Å². The Balaban J connectivity index is 1.15. The lowest BCUT2D eigenvalue weighted by atomic mass is 10.0. The van der Waals surface area contributed by atoms with Gasteiger partial charge in [-0.15, -0.1) is 0 Å². The van der Waals surface area contributed by atoms with E-state index < -0.39 is 23.1 Å². The zero-order chi connectivity index (χ0) is 28.1. The highest BCUT2D eigenvalue weighted by molar-refractivity contribution is 7.89. The Morgan fingerprint density at radius 2 is 1.62 bits per heavy atom. The molecule has 0 spiro atoms. The molecule has 2 heterocycles. The summed E-state index contributed by atoms with van der Waals surface area (Å²) in [6.45, 7) is 2.07. The minimum Gasteiger partial charge on any atom is -0.593 e. The molecule has 4 aromatic rings. The van der Waals surface area contributed by atoms with Crippen molar-refractivity contribution >= 4 is 28.9 Å². The molecule has 2 amide bonds. The van der Waals surface area contributed by atoms with Gasteiger partial charge in [-0.25, -0.2) is 4.39 Å². The van der Waals surface area contributed by atoms with Gasteiger partial charge in [0.25, 0.3) is 11.8 Å². The lowest BCUT2D eigenvalue weighted by Crippen LogP contribution is -2.48. The maximum Gasteiger partial charge on any atom is 0.292 e. The van der Waals surface area contributed by atoms with E-state index in [1.54, 1.807) is 23.1 Å². The van der Waals surface area contributed by atoms with Crippen LogP contribution >= 0.6 is 0 Å². The minimum atomic E-state index is -1.53. The topological polar surface area (TPSA) is 109 Å². The second kappa shape index (κ2) is 12.2. The van der Waals surface area contributed by atoms with Crippen LogP contribution in [0.25, 0.3) is 11.1 Å². The Bertz CT molecular complexity index is 1500. The van der Waals surface area contributed by atoms with E-state index in [9.17, 15) is 23.6 Å². The molecule has 40 heavy (non-hydrogen) atoms. The summed E-state index contributed by atoms with van der Waals surface area (Å²) in [6.07, 6.45) is 2.71. The van der Waals surface area contributed by atoms with Crippen LogP contribution in [-0.4, -0.2) is 57.5 Å². The van der Waals surface area contributed by atoms with Gasteiger partial charge in [-0.3, -0.25) is 14.6 Å². The van der Waals surface area contributed by atoms with Gasteiger partial charge in [-0.1, -0.05) is 36.4 Å². The summed E-state index contributed by atoms with van der Waals surface area (Å²) in [5.74, 6) is -1.06. The highest BCUT2D eigenvalue weighted by Gasteiger charge is 2.24. The first kappa shape index (κ1) is 27.2. The van der Waals surface area contributed by atoms with E-state index in [4.69, 9.17) is 0 Å². The molecule has 2 N–H and O–H groups in total. The summed E-state index contributed by atoms with van der Waals surface area (Å²) in [7, 11) is 0. The molecule has 0 aliphatic carbocycles. The number of hydrogen-bond acceptors (Lipinski definition) is 6. The normalized spacial score (nSPS) is 14.1. The number of aromatic hydroxyl groups is 1. The van der Waals surface area contributed by atoms with Gasteiger partial charge < -0.3 is 19.5 Å². The van der Waals surface area contributed by atoms with Gasteiger partial charge in [0, 0.05) is 65.9 Å². The van der Waals surface area contributed by atoms with E-state index in [1.807, 2.05) is 42.5 Å². The number of rotatable bonds is 7. The quantitative estimate of drug-likeness (QED) is 0.330. The number of nitrogens with one attached hydrogen (secondary N) is 1. The molecule has 204 valence electrons. The van der Waals surface area contributed by atoms with Crippen LogP contribution in [0.2, 0.25) is 0 Å². The summed E-state index contributed by atoms with van der Waals surface area (Å²) in [5, 5.41) is 9.62. The number of carbonyl (C=O) groups is 2. The minimum absolute atomic E-state index is 0.0666. The zero-order valence-electron chi connectivity index (χ0n) is 21.5. The highest BCUT2D eigenvalue weighted by atomic mass is 32.2. The summed E-state index contributed by atoms with van der Waals surface area (Å²) >= 11 is -1.53. The Morgan fingerprint density at radius 1 is 0.925 bits per heavy atom. The molecule has 0 saturated carbocycles. The van der Waals surface area contributed by atoms with Crippen molar-refractivity contribution < 1.29 is 23.6 Å². The molecule has 3 aromatic carbocycles. The van der Waals surface area contributed by atoms with Crippen LogP contribution in [0.4, 0.5) is 10.1 Å². The van der Waals surface area contributed by atoms with Crippen molar-refractivity contribution in [3.8, 4) is 16.9 Å². The van der Waals surface area contributed by atoms with E-state index in [2.05, 4.69) is 14.6 Å². The molecular formula is C30H27FN4O4S. The average molecular weight is 559 g/mol. The number of nitrogens with zero attached hydrogens (tertiary/aromatic N) is 3. The molecule has 1 unspecified atom stereocenters. The molecule has 1 aliphatic heterocycles. The van der Waals surface area contributed by atoms with Crippen LogP contribution in [0, 0.1) is 5.82 Å². The van der Waals surface area contributed by atoms with Crippen molar-refractivity contribution in [1.29, 1.82) is 0 Å². The van der Waals surface area contributed by atoms with Gasteiger partial charge in [0.15, 0.2) is 5.75 Å². The summed E-state index contributed by atoms with van der Waals surface area (Å²) in [5.41, 5.74) is 3.12. The van der Waals surface area contributed by atoms with Gasteiger partial charge in [0.2, 0.25) is 0 Å². The number of benzene rings is 3. The van der Waals surface area contributed by atoms with Gasteiger partial charge in [-0.2, -0.15) is 4.72 Å². The number of aromatic nitrogens is 1.